The number of urea groups is 1. The van der Waals surface area contributed by atoms with E-state index in [0.29, 0.717) is 23.2 Å². The summed E-state index contributed by atoms with van der Waals surface area (Å²) in [4.78, 5) is 19.0. The molecule has 1 aromatic heterocycles. The minimum Gasteiger partial charge on any atom is -0.454 e. The summed E-state index contributed by atoms with van der Waals surface area (Å²) in [6, 6.07) is 3.87. The minimum absolute atomic E-state index is 0.0256. The van der Waals surface area contributed by atoms with Crippen molar-refractivity contribution in [1.29, 1.82) is 0 Å². The van der Waals surface area contributed by atoms with E-state index >= 15 is 0 Å². The number of thiazole rings is 1. The van der Waals surface area contributed by atoms with E-state index in [9.17, 15) is 4.79 Å². The predicted molar refractivity (Wildman–Crippen MR) is 89.0 cm³/mol. The zero-order chi connectivity index (χ0) is 16.3. The van der Waals surface area contributed by atoms with Crippen molar-refractivity contribution in [3.05, 3.63) is 12.1 Å². The molecule has 2 fully saturated rings. The quantitative estimate of drug-likeness (QED) is 0.904. The van der Waals surface area contributed by atoms with Crippen LogP contribution in [0.3, 0.4) is 0 Å². The third-order valence-corrected chi connectivity index (χ3v) is 5.91. The normalized spacial score (nSPS) is 28.3. The molecule has 0 radical (unpaired) electrons. The highest BCUT2D eigenvalue weighted by Gasteiger charge is 2.45. The molecular weight excluding hydrogens is 330 g/mol. The number of anilines is 1. The molecule has 3 atom stereocenters. The van der Waals surface area contributed by atoms with Gasteiger partial charge in [-0.05, 0) is 25.0 Å². The second kappa shape index (κ2) is 5.22. The smallest absolute Gasteiger partial charge is 0.324 e. The summed E-state index contributed by atoms with van der Waals surface area (Å²) < 4.78 is 17.7. The first kappa shape index (κ1) is 14.3. The van der Waals surface area contributed by atoms with Crippen LogP contribution in [0.2, 0.25) is 0 Å². The number of hydrogen-bond donors (Lipinski definition) is 1. The van der Waals surface area contributed by atoms with E-state index in [1.165, 1.54) is 11.3 Å². The maximum atomic E-state index is 12.5. The van der Waals surface area contributed by atoms with Crippen molar-refractivity contribution in [2.24, 2.45) is 0 Å². The van der Waals surface area contributed by atoms with Crippen LogP contribution in [0.25, 0.3) is 10.2 Å². The maximum absolute atomic E-state index is 12.5. The first-order chi connectivity index (χ1) is 11.7. The number of aromatic nitrogens is 1. The molecule has 1 aromatic carbocycles. The van der Waals surface area contributed by atoms with Crippen LogP contribution < -0.4 is 19.7 Å². The fourth-order valence-corrected chi connectivity index (χ4v) is 4.64. The van der Waals surface area contributed by atoms with Gasteiger partial charge >= 0.3 is 6.03 Å². The molecule has 0 aliphatic carbocycles. The van der Waals surface area contributed by atoms with Gasteiger partial charge in [0.25, 0.3) is 0 Å². The first-order valence-corrected chi connectivity index (χ1v) is 8.96. The fraction of sp³-hybridized carbons (Fsp3) is 0.500. The number of nitrogens with one attached hydrogen (secondary N) is 1. The van der Waals surface area contributed by atoms with E-state index in [4.69, 9.17) is 19.2 Å². The Morgan fingerprint density at radius 1 is 1.42 bits per heavy atom. The first-order valence-electron chi connectivity index (χ1n) is 8.15. The summed E-state index contributed by atoms with van der Waals surface area (Å²) in [6.07, 6.45) is 1.97. The number of fused-ring (bicyclic) bond motifs is 4. The molecule has 7 nitrogen and oxygen atoms in total. The molecule has 2 aromatic rings. The summed E-state index contributed by atoms with van der Waals surface area (Å²) in [5.41, 5.74) is 0.764. The van der Waals surface area contributed by atoms with Gasteiger partial charge in [-0.2, -0.15) is 0 Å². The van der Waals surface area contributed by atoms with Crippen LogP contribution in [0.15, 0.2) is 12.1 Å². The van der Waals surface area contributed by atoms with Gasteiger partial charge in [0.1, 0.15) is 5.52 Å². The van der Waals surface area contributed by atoms with Crippen molar-refractivity contribution >= 4 is 32.7 Å². The van der Waals surface area contributed by atoms with E-state index in [-0.39, 0.29) is 31.0 Å². The van der Waals surface area contributed by atoms with E-state index in [2.05, 4.69) is 12.2 Å². The molecule has 2 amide bonds. The Labute approximate surface area is 142 Å². The minimum atomic E-state index is -0.0989. The molecule has 5 rings (SSSR count). The average Bonchev–Trinajstić information content (AvgIpc) is 3.28. The Bertz CT molecular complexity index is 823. The third kappa shape index (κ3) is 1.99. The van der Waals surface area contributed by atoms with Crippen LogP contribution in [-0.2, 0) is 4.74 Å². The van der Waals surface area contributed by atoms with E-state index in [0.717, 1.165) is 23.1 Å². The molecule has 0 saturated carbocycles. The van der Waals surface area contributed by atoms with Crippen LogP contribution >= 0.6 is 11.3 Å². The summed E-state index contributed by atoms with van der Waals surface area (Å²) in [6.45, 7) is 2.88. The van der Waals surface area contributed by atoms with Gasteiger partial charge in [-0.15, -0.1) is 0 Å². The summed E-state index contributed by atoms with van der Waals surface area (Å²) in [7, 11) is 0. The van der Waals surface area contributed by atoms with Crippen LogP contribution in [0.1, 0.15) is 19.8 Å². The molecule has 2 saturated heterocycles. The van der Waals surface area contributed by atoms with Crippen molar-refractivity contribution < 1.29 is 19.0 Å². The monoisotopic (exact) mass is 347 g/mol. The molecule has 4 heterocycles. The molecular formula is C16H17N3O4S. The van der Waals surface area contributed by atoms with Crippen molar-refractivity contribution in [1.82, 2.24) is 10.3 Å². The highest BCUT2D eigenvalue weighted by atomic mass is 32.1. The Balaban J connectivity index is 1.55. The topological polar surface area (TPSA) is 72.9 Å². The lowest BCUT2D eigenvalue weighted by atomic mass is 9.98. The van der Waals surface area contributed by atoms with Gasteiger partial charge in [-0.3, -0.25) is 4.90 Å². The number of hydrogen-bond acceptors (Lipinski definition) is 6. The van der Waals surface area contributed by atoms with E-state index in [1.807, 2.05) is 12.1 Å². The number of benzene rings is 1. The lowest BCUT2D eigenvalue weighted by Crippen LogP contribution is -2.47. The third-order valence-electron chi connectivity index (χ3n) is 4.89. The molecule has 0 unspecified atom stereocenters. The van der Waals surface area contributed by atoms with Gasteiger partial charge in [0.15, 0.2) is 16.6 Å². The van der Waals surface area contributed by atoms with Gasteiger partial charge < -0.3 is 19.5 Å². The standard InChI is InChI=1S/C16H17N3O4S/c1-2-8-5-10-9(6-21-8)17-15(20)19(10)16-18-13-12(24-16)4-3-11-14(13)23-7-22-11/h3-4,8-10H,2,5-7H2,1H3,(H,17,20)/t8-,9-,10+/m0/s1. The molecule has 24 heavy (non-hydrogen) atoms. The van der Waals surface area contributed by atoms with E-state index < -0.39 is 0 Å². The fourth-order valence-electron chi connectivity index (χ4n) is 3.62. The molecule has 8 heteroatoms. The summed E-state index contributed by atoms with van der Waals surface area (Å²) in [5.74, 6) is 1.38. The molecule has 1 N–H and O–H groups in total. The number of ether oxygens (including phenoxy) is 3. The van der Waals surface area contributed by atoms with E-state index in [1.54, 1.807) is 4.90 Å². The van der Waals surface area contributed by atoms with Crippen molar-refractivity contribution in [3.63, 3.8) is 0 Å². The highest BCUT2D eigenvalue weighted by molar-refractivity contribution is 7.22. The Morgan fingerprint density at radius 2 is 2.33 bits per heavy atom. The second-order valence-electron chi connectivity index (χ2n) is 6.24. The SMILES string of the molecule is CC[C@H]1C[C@@H]2[C@H](CO1)NC(=O)N2c1nc2c3c(ccc2s1)OCO3. The van der Waals surface area contributed by atoms with Crippen molar-refractivity contribution in [3.8, 4) is 11.5 Å². The molecule has 0 spiro atoms. The van der Waals surface area contributed by atoms with Crippen LogP contribution in [-0.4, -0.2) is 42.6 Å². The van der Waals surface area contributed by atoms with Crippen LogP contribution in [0.4, 0.5) is 9.93 Å². The van der Waals surface area contributed by atoms with Gasteiger partial charge in [-0.25, -0.2) is 9.78 Å². The lowest BCUT2D eigenvalue weighted by Gasteiger charge is -2.33. The van der Waals surface area contributed by atoms with Gasteiger partial charge in [0.2, 0.25) is 6.79 Å². The average molecular weight is 347 g/mol. The number of carbonyl (C=O) groups is 1. The maximum Gasteiger partial charge on any atom is 0.324 e. The van der Waals surface area contributed by atoms with Gasteiger partial charge in [-0.1, -0.05) is 18.3 Å². The number of amides is 2. The summed E-state index contributed by atoms with van der Waals surface area (Å²) in [5, 5.41) is 3.72. The highest BCUT2D eigenvalue weighted by Crippen LogP contribution is 2.43. The molecule has 0 bridgehead atoms. The van der Waals surface area contributed by atoms with Crippen molar-refractivity contribution in [2.75, 3.05) is 18.3 Å². The van der Waals surface area contributed by atoms with Crippen molar-refractivity contribution in [2.45, 2.75) is 38.0 Å². The number of carbonyl (C=O) groups excluding carboxylic acids is 1. The molecule has 3 aliphatic rings. The zero-order valence-electron chi connectivity index (χ0n) is 13.2. The van der Waals surface area contributed by atoms with Crippen LogP contribution in [0.5, 0.6) is 11.5 Å². The second-order valence-corrected chi connectivity index (χ2v) is 7.24. The number of rotatable bonds is 2. The van der Waals surface area contributed by atoms with Gasteiger partial charge in [0, 0.05) is 0 Å². The largest absolute Gasteiger partial charge is 0.454 e. The Hall–Kier alpha value is -2.06. The van der Waals surface area contributed by atoms with Gasteiger partial charge in [0.05, 0.1) is 29.5 Å². The Kier molecular flexibility index (Phi) is 3.11. The lowest BCUT2D eigenvalue weighted by molar-refractivity contribution is -0.00414. The Morgan fingerprint density at radius 3 is 3.21 bits per heavy atom. The molecule has 126 valence electrons. The number of nitrogens with zero attached hydrogens (tertiary/aromatic N) is 2. The van der Waals surface area contributed by atoms with Crippen LogP contribution in [0, 0.1) is 0 Å². The predicted octanol–water partition coefficient (Wildman–Crippen LogP) is 2.49. The summed E-state index contributed by atoms with van der Waals surface area (Å²) >= 11 is 1.51. The molecule has 3 aliphatic heterocycles. The zero-order valence-corrected chi connectivity index (χ0v) is 14.0.